The van der Waals surface area contributed by atoms with E-state index in [2.05, 4.69) is 70.3 Å². The molecule has 1 N–H and O–H groups in total. The van der Waals surface area contributed by atoms with Crippen LogP contribution in [-0.2, 0) is 13.1 Å². The van der Waals surface area contributed by atoms with Gasteiger partial charge in [-0.15, -0.1) is 0 Å². The van der Waals surface area contributed by atoms with E-state index in [4.69, 9.17) is 9.47 Å². The van der Waals surface area contributed by atoms with E-state index in [0.29, 0.717) is 0 Å². The molecule has 0 saturated carbocycles. The molecule has 2 atom stereocenters. The molecule has 0 aliphatic rings. The van der Waals surface area contributed by atoms with E-state index < -0.39 is 0 Å². The fourth-order valence-electron chi connectivity index (χ4n) is 2.62. The predicted octanol–water partition coefficient (Wildman–Crippen LogP) is 5.64. The van der Waals surface area contributed by atoms with Crippen molar-refractivity contribution in [1.82, 2.24) is 5.32 Å². The Balaban J connectivity index is 2.08. The first-order chi connectivity index (χ1) is 12.5. The van der Waals surface area contributed by atoms with Crippen molar-refractivity contribution in [1.29, 1.82) is 0 Å². The lowest BCUT2D eigenvalue weighted by molar-refractivity contribution is 0.203. The molecule has 2 unspecified atom stereocenters. The zero-order chi connectivity index (χ0) is 18.9. The summed E-state index contributed by atoms with van der Waals surface area (Å²) >= 11 is 0. The number of rotatable bonds is 10. The minimum atomic E-state index is 0.184. The molecule has 0 amide bonds. The highest BCUT2D eigenvalue weighted by molar-refractivity contribution is 5.41. The van der Waals surface area contributed by atoms with Crippen LogP contribution in [0, 0.1) is 6.92 Å². The summed E-state index contributed by atoms with van der Waals surface area (Å²) in [6.07, 6.45) is 2.36. The van der Waals surface area contributed by atoms with Gasteiger partial charge in [0, 0.05) is 24.7 Å². The van der Waals surface area contributed by atoms with E-state index in [0.717, 1.165) is 43.0 Å². The standard InChI is InChI=1S/C23H33NO2/c1-6-18(4)25-22-13-12-21(23(14-22)26-19(5)7-2)16-24-15-20-11-9-8-10-17(20)3/h8-14,18-19,24H,6-7,15-16H2,1-5H3. The van der Waals surface area contributed by atoms with Crippen molar-refractivity contribution in [3.63, 3.8) is 0 Å². The number of benzene rings is 2. The molecule has 0 aliphatic heterocycles. The molecule has 3 heteroatoms. The smallest absolute Gasteiger partial charge is 0.127 e. The Labute approximate surface area is 158 Å². The van der Waals surface area contributed by atoms with Crippen LogP contribution in [0.2, 0.25) is 0 Å². The van der Waals surface area contributed by atoms with Gasteiger partial charge in [0.1, 0.15) is 11.5 Å². The van der Waals surface area contributed by atoms with Crippen LogP contribution in [0.5, 0.6) is 11.5 Å². The quantitative estimate of drug-likeness (QED) is 0.598. The third-order valence-corrected chi connectivity index (χ3v) is 4.75. The SMILES string of the molecule is CCC(C)Oc1ccc(CNCc2ccccc2C)c(OC(C)CC)c1. The van der Waals surface area contributed by atoms with Crippen LogP contribution in [0.4, 0.5) is 0 Å². The van der Waals surface area contributed by atoms with Crippen molar-refractivity contribution in [3.8, 4) is 11.5 Å². The molecule has 0 aliphatic carbocycles. The summed E-state index contributed by atoms with van der Waals surface area (Å²) in [4.78, 5) is 0. The second kappa shape index (κ2) is 10.2. The van der Waals surface area contributed by atoms with Crippen LogP contribution in [0.1, 0.15) is 57.2 Å². The number of nitrogens with one attached hydrogen (secondary N) is 1. The van der Waals surface area contributed by atoms with Gasteiger partial charge in [0.2, 0.25) is 0 Å². The van der Waals surface area contributed by atoms with Gasteiger partial charge >= 0.3 is 0 Å². The Kier molecular flexibility index (Phi) is 7.99. The van der Waals surface area contributed by atoms with Crippen molar-refractivity contribution < 1.29 is 9.47 Å². The molecule has 0 saturated heterocycles. The third-order valence-electron chi connectivity index (χ3n) is 4.75. The first-order valence-electron chi connectivity index (χ1n) is 9.74. The van der Waals surface area contributed by atoms with E-state index in [1.807, 2.05) is 12.1 Å². The van der Waals surface area contributed by atoms with Crippen LogP contribution in [0.25, 0.3) is 0 Å². The van der Waals surface area contributed by atoms with Crippen LogP contribution in [0.3, 0.4) is 0 Å². The van der Waals surface area contributed by atoms with Gasteiger partial charge in [0.15, 0.2) is 0 Å². The molecule has 3 nitrogen and oxygen atoms in total. The van der Waals surface area contributed by atoms with Gasteiger partial charge < -0.3 is 14.8 Å². The average molecular weight is 356 g/mol. The molecule has 142 valence electrons. The second-order valence-electron chi connectivity index (χ2n) is 6.97. The highest BCUT2D eigenvalue weighted by atomic mass is 16.5. The lowest BCUT2D eigenvalue weighted by Gasteiger charge is -2.19. The first-order valence-corrected chi connectivity index (χ1v) is 9.74. The fraction of sp³-hybridized carbons (Fsp3) is 0.478. The molecule has 0 heterocycles. The average Bonchev–Trinajstić information content (AvgIpc) is 2.64. The molecule has 26 heavy (non-hydrogen) atoms. The number of hydrogen-bond donors (Lipinski definition) is 1. The van der Waals surface area contributed by atoms with Crippen LogP contribution < -0.4 is 14.8 Å². The largest absolute Gasteiger partial charge is 0.491 e. The van der Waals surface area contributed by atoms with Gasteiger partial charge in [-0.1, -0.05) is 44.2 Å². The topological polar surface area (TPSA) is 30.5 Å². The van der Waals surface area contributed by atoms with Gasteiger partial charge in [-0.25, -0.2) is 0 Å². The van der Waals surface area contributed by atoms with Crippen molar-refractivity contribution in [2.45, 2.75) is 72.8 Å². The summed E-state index contributed by atoms with van der Waals surface area (Å²) in [6, 6.07) is 14.7. The Morgan fingerprint density at radius 3 is 2.19 bits per heavy atom. The molecule has 2 aromatic carbocycles. The minimum absolute atomic E-state index is 0.184. The Morgan fingerprint density at radius 1 is 0.846 bits per heavy atom. The third kappa shape index (κ3) is 6.06. The zero-order valence-corrected chi connectivity index (χ0v) is 16.8. The maximum absolute atomic E-state index is 6.16. The molecule has 0 spiro atoms. The number of ether oxygens (including phenoxy) is 2. The molecular formula is C23H33NO2. The number of aryl methyl sites for hydroxylation is 1. The van der Waals surface area contributed by atoms with E-state index in [1.54, 1.807) is 0 Å². The Morgan fingerprint density at radius 2 is 1.50 bits per heavy atom. The molecule has 0 radical (unpaired) electrons. The molecule has 2 rings (SSSR count). The van der Waals surface area contributed by atoms with Gasteiger partial charge in [0.25, 0.3) is 0 Å². The summed E-state index contributed by atoms with van der Waals surface area (Å²) in [5.74, 6) is 1.79. The molecule has 2 aromatic rings. The maximum atomic E-state index is 6.16. The molecule has 0 bridgehead atoms. The van der Waals surface area contributed by atoms with Crippen LogP contribution in [-0.4, -0.2) is 12.2 Å². The molecule has 0 fully saturated rings. The van der Waals surface area contributed by atoms with E-state index >= 15 is 0 Å². The lowest BCUT2D eigenvalue weighted by Crippen LogP contribution is -2.17. The van der Waals surface area contributed by atoms with Crippen molar-refractivity contribution >= 4 is 0 Å². The lowest BCUT2D eigenvalue weighted by atomic mass is 10.1. The fourth-order valence-corrected chi connectivity index (χ4v) is 2.62. The Bertz CT molecular complexity index is 684. The highest BCUT2D eigenvalue weighted by Crippen LogP contribution is 2.27. The van der Waals surface area contributed by atoms with Crippen LogP contribution in [0.15, 0.2) is 42.5 Å². The zero-order valence-electron chi connectivity index (χ0n) is 16.8. The van der Waals surface area contributed by atoms with Crippen LogP contribution >= 0.6 is 0 Å². The minimum Gasteiger partial charge on any atom is -0.491 e. The first kappa shape index (κ1) is 20.3. The van der Waals surface area contributed by atoms with Gasteiger partial charge in [-0.05, 0) is 50.8 Å². The second-order valence-corrected chi connectivity index (χ2v) is 6.97. The van der Waals surface area contributed by atoms with Gasteiger partial charge in [-0.2, -0.15) is 0 Å². The summed E-state index contributed by atoms with van der Waals surface area (Å²) in [5, 5.41) is 3.54. The predicted molar refractivity (Wildman–Crippen MR) is 109 cm³/mol. The maximum Gasteiger partial charge on any atom is 0.127 e. The van der Waals surface area contributed by atoms with Gasteiger partial charge in [-0.3, -0.25) is 0 Å². The van der Waals surface area contributed by atoms with E-state index in [-0.39, 0.29) is 12.2 Å². The molecule has 0 aromatic heterocycles. The highest BCUT2D eigenvalue weighted by Gasteiger charge is 2.11. The summed E-state index contributed by atoms with van der Waals surface area (Å²) < 4.78 is 12.1. The summed E-state index contributed by atoms with van der Waals surface area (Å²) in [6.45, 7) is 12.2. The van der Waals surface area contributed by atoms with Crippen molar-refractivity contribution in [3.05, 3.63) is 59.2 Å². The Hall–Kier alpha value is -2.00. The van der Waals surface area contributed by atoms with Crippen molar-refractivity contribution in [2.75, 3.05) is 0 Å². The molecular weight excluding hydrogens is 322 g/mol. The summed E-state index contributed by atoms with van der Waals surface area (Å²) in [7, 11) is 0. The summed E-state index contributed by atoms with van der Waals surface area (Å²) in [5.41, 5.74) is 3.80. The van der Waals surface area contributed by atoms with E-state index in [1.165, 1.54) is 11.1 Å². The van der Waals surface area contributed by atoms with E-state index in [9.17, 15) is 0 Å². The monoisotopic (exact) mass is 355 g/mol. The van der Waals surface area contributed by atoms with Crippen molar-refractivity contribution in [2.24, 2.45) is 0 Å². The van der Waals surface area contributed by atoms with Gasteiger partial charge in [0.05, 0.1) is 12.2 Å². The number of hydrogen-bond acceptors (Lipinski definition) is 3. The normalized spacial score (nSPS) is 13.3.